The summed E-state index contributed by atoms with van der Waals surface area (Å²) in [6.07, 6.45) is 7.04. The van der Waals surface area contributed by atoms with Gasteiger partial charge in [-0.15, -0.1) is 0 Å². The van der Waals surface area contributed by atoms with Gasteiger partial charge in [-0.25, -0.2) is 0 Å². The molecule has 2 saturated carbocycles. The molecule has 2 aliphatic carbocycles. The van der Waals surface area contributed by atoms with Crippen LogP contribution in [0.5, 0.6) is 0 Å². The van der Waals surface area contributed by atoms with Crippen LogP contribution in [0.4, 0.5) is 0 Å². The lowest BCUT2D eigenvalue weighted by Gasteiger charge is -2.35. The fourth-order valence-corrected chi connectivity index (χ4v) is 3.12. The summed E-state index contributed by atoms with van der Waals surface area (Å²) in [5, 5.41) is 3.82. The molecule has 0 saturated heterocycles. The minimum Gasteiger partial charge on any atom is -0.312 e. The molecular weight excluding hydrogens is 208 g/mol. The molecular formula is C15H30N2. The molecule has 0 amide bonds. The molecule has 1 N–H and O–H groups in total. The van der Waals surface area contributed by atoms with E-state index in [0.29, 0.717) is 6.04 Å². The van der Waals surface area contributed by atoms with Crippen molar-refractivity contribution in [3.63, 3.8) is 0 Å². The summed E-state index contributed by atoms with van der Waals surface area (Å²) in [4.78, 5) is 2.56. The first-order chi connectivity index (χ1) is 8.08. The lowest BCUT2D eigenvalue weighted by Crippen LogP contribution is -2.46. The van der Waals surface area contributed by atoms with Crippen LogP contribution in [0.25, 0.3) is 0 Å². The molecule has 4 atom stereocenters. The maximum Gasteiger partial charge on any atom is 0.0192 e. The molecule has 2 aliphatic rings. The van der Waals surface area contributed by atoms with Crippen molar-refractivity contribution in [3.8, 4) is 0 Å². The Bertz CT molecular complexity index is 237. The molecule has 2 fully saturated rings. The van der Waals surface area contributed by atoms with E-state index >= 15 is 0 Å². The van der Waals surface area contributed by atoms with Crippen molar-refractivity contribution in [2.24, 2.45) is 11.8 Å². The Morgan fingerprint density at radius 3 is 2.53 bits per heavy atom. The smallest absolute Gasteiger partial charge is 0.0192 e. The molecule has 0 aromatic heterocycles. The van der Waals surface area contributed by atoms with E-state index in [4.69, 9.17) is 0 Å². The zero-order valence-electron chi connectivity index (χ0n) is 12.1. The van der Waals surface area contributed by atoms with Crippen molar-refractivity contribution >= 4 is 0 Å². The second kappa shape index (κ2) is 5.71. The number of hydrogen-bond acceptors (Lipinski definition) is 2. The van der Waals surface area contributed by atoms with Crippen molar-refractivity contribution in [3.05, 3.63) is 0 Å². The van der Waals surface area contributed by atoms with Gasteiger partial charge in [-0.3, -0.25) is 4.90 Å². The van der Waals surface area contributed by atoms with Crippen LogP contribution in [0.1, 0.15) is 52.9 Å². The predicted octanol–water partition coefficient (Wildman–Crippen LogP) is 2.88. The highest BCUT2D eigenvalue weighted by Crippen LogP contribution is 2.29. The summed E-state index contributed by atoms with van der Waals surface area (Å²) in [7, 11) is 2.29. The molecule has 0 aliphatic heterocycles. The van der Waals surface area contributed by atoms with E-state index in [1.54, 1.807) is 0 Å². The molecule has 17 heavy (non-hydrogen) atoms. The largest absolute Gasteiger partial charge is 0.312 e. The van der Waals surface area contributed by atoms with E-state index in [1.165, 1.54) is 32.1 Å². The van der Waals surface area contributed by atoms with Crippen LogP contribution in [0.3, 0.4) is 0 Å². The van der Waals surface area contributed by atoms with E-state index in [0.717, 1.165) is 30.5 Å². The predicted molar refractivity (Wildman–Crippen MR) is 74.2 cm³/mol. The first-order valence-electron chi connectivity index (χ1n) is 7.53. The number of hydrogen-bond donors (Lipinski definition) is 1. The molecule has 0 aromatic rings. The number of nitrogens with zero attached hydrogens (tertiary/aromatic N) is 1. The maximum absolute atomic E-state index is 3.82. The molecule has 0 aromatic carbocycles. The summed E-state index contributed by atoms with van der Waals surface area (Å²) in [6, 6.07) is 2.33. The summed E-state index contributed by atoms with van der Waals surface area (Å²) < 4.78 is 0. The van der Waals surface area contributed by atoms with Gasteiger partial charge in [0.25, 0.3) is 0 Å². The average Bonchev–Trinajstić information content (AvgIpc) is 3.13. The van der Waals surface area contributed by atoms with Gasteiger partial charge in [-0.05, 0) is 51.5 Å². The van der Waals surface area contributed by atoms with Crippen LogP contribution in [0.15, 0.2) is 0 Å². The van der Waals surface area contributed by atoms with Crippen LogP contribution in [0, 0.1) is 11.8 Å². The zero-order chi connectivity index (χ0) is 12.4. The summed E-state index contributed by atoms with van der Waals surface area (Å²) in [6.45, 7) is 8.34. The van der Waals surface area contributed by atoms with Crippen LogP contribution in [-0.4, -0.2) is 36.6 Å². The van der Waals surface area contributed by atoms with Crippen LogP contribution >= 0.6 is 0 Å². The Balaban J connectivity index is 1.72. The molecule has 100 valence electrons. The number of rotatable bonds is 5. The zero-order valence-corrected chi connectivity index (χ0v) is 12.1. The topological polar surface area (TPSA) is 15.3 Å². The first-order valence-corrected chi connectivity index (χ1v) is 7.53. The van der Waals surface area contributed by atoms with Crippen molar-refractivity contribution < 1.29 is 0 Å². The first kappa shape index (κ1) is 13.4. The third-order valence-electron chi connectivity index (χ3n) is 4.95. The minimum atomic E-state index is 0.687. The summed E-state index contributed by atoms with van der Waals surface area (Å²) >= 11 is 0. The highest BCUT2D eigenvalue weighted by Gasteiger charge is 2.30. The third kappa shape index (κ3) is 3.69. The van der Waals surface area contributed by atoms with Crippen molar-refractivity contribution in [2.45, 2.75) is 71.0 Å². The van der Waals surface area contributed by atoms with Crippen LogP contribution < -0.4 is 5.32 Å². The quantitative estimate of drug-likeness (QED) is 0.792. The van der Waals surface area contributed by atoms with E-state index in [2.05, 4.69) is 38.0 Å². The van der Waals surface area contributed by atoms with Crippen LogP contribution in [-0.2, 0) is 0 Å². The van der Waals surface area contributed by atoms with Gasteiger partial charge >= 0.3 is 0 Å². The number of nitrogens with one attached hydrogen (secondary N) is 1. The maximum atomic E-state index is 3.82. The standard InChI is InChI=1S/C15H30N2/c1-11-5-6-12(2)15(9-11)16-10-13(3)17(4)14-7-8-14/h11-16H,5-10H2,1-4H3. The van der Waals surface area contributed by atoms with Gasteiger partial charge in [0.2, 0.25) is 0 Å². The van der Waals surface area contributed by atoms with Crippen molar-refractivity contribution in [2.75, 3.05) is 13.6 Å². The lowest BCUT2D eigenvalue weighted by molar-refractivity contribution is 0.193. The molecule has 0 radical (unpaired) electrons. The highest BCUT2D eigenvalue weighted by molar-refractivity contribution is 4.87. The van der Waals surface area contributed by atoms with Gasteiger partial charge in [-0.1, -0.05) is 20.3 Å². The van der Waals surface area contributed by atoms with Gasteiger partial charge in [0, 0.05) is 24.7 Å². The van der Waals surface area contributed by atoms with E-state index in [-0.39, 0.29) is 0 Å². The molecule has 2 nitrogen and oxygen atoms in total. The second-order valence-electron chi connectivity index (χ2n) is 6.66. The Kier molecular flexibility index (Phi) is 4.48. The summed E-state index contributed by atoms with van der Waals surface area (Å²) in [5.74, 6) is 1.78. The Morgan fingerprint density at radius 2 is 1.88 bits per heavy atom. The lowest BCUT2D eigenvalue weighted by atomic mass is 9.80. The van der Waals surface area contributed by atoms with Gasteiger partial charge in [0.15, 0.2) is 0 Å². The average molecular weight is 238 g/mol. The fourth-order valence-electron chi connectivity index (χ4n) is 3.12. The third-order valence-corrected chi connectivity index (χ3v) is 4.95. The molecule has 2 rings (SSSR count). The summed E-state index contributed by atoms with van der Waals surface area (Å²) in [5.41, 5.74) is 0. The minimum absolute atomic E-state index is 0.687. The Labute approximate surface area is 107 Å². The second-order valence-corrected chi connectivity index (χ2v) is 6.66. The van der Waals surface area contributed by atoms with Gasteiger partial charge in [0.1, 0.15) is 0 Å². The number of likely N-dealkylation sites (N-methyl/N-ethyl adjacent to an activating group) is 1. The Morgan fingerprint density at radius 1 is 1.18 bits per heavy atom. The van der Waals surface area contributed by atoms with E-state index in [9.17, 15) is 0 Å². The molecule has 2 heteroatoms. The van der Waals surface area contributed by atoms with Crippen LogP contribution in [0.2, 0.25) is 0 Å². The normalized spacial score (nSPS) is 36.2. The van der Waals surface area contributed by atoms with Crippen molar-refractivity contribution in [1.29, 1.82) is 0 Å². The van der Waals surface area contributed by atoms with Gasteiger partial charge < -0.3 is 5.32 Å². The van der Waals surface area contributed by atoms with E-state index in [1.807, 2.05) is 0 Å². The van der Waals surface area contributed by atoms with Crippen molar-refractivity contribution in [1.82, 2.24) is 10.2 Å². The fraction of sp³-hybridized carbons (Fsp3) is 1.00. The molecule has 0 heterocycles. The molecule has 4 unspecified atom stereocenters. The molecule has 0 spiro atoms. The van der Waals surface area contributed by atoms with Gasteiger partial charge in [0.05, 0.1) is 0 Å². The van der Waals surface area contributed by atoms with Gasteiger partial charge in [-0.2, -0.15) is 0 Å². The SMILES string of the molecule is CC1CCC(C)C(NCC(C)N(C)C2CC2)C1. The Hall–Kier alpha value is -0.0800. The van der Waals surface area contributed by atoms with E-state index < -0.39 is 0 Å². The monoisotopic (exact) mass is 238 g/mol. The molecule has 0 bridgehead atoms. The highest BCUT2D eigenvalue weighted by atomic mass is 15.2.